The molecule has 2 amide bonds. The van der Waals surface area contributed by atoms with E-state index in [0.717, 1.165) is 22.3 Å². The standard InChI is InChI=1S/C27H32N2O5/c1-27(2,3)23(13-24(30)28-14-16-12-21(16)25(31)32)29-26(33)34-15-22-19-10-6-4-8-17(19)18-9-5-7-11-20(18)22/h4-11,16,21-23H,12-15H2,1-3H3,(H,28,30)(H,29,33)(H,31,32)/t16-,21-,23?/m1/s1. The van der Waals surface area contributed by atoms with Gasteiger partial charge in [0, 0.05) is 24.9 Å². The number of fused-ring (bicyclic) bond motifs is 3. The minimum Gasteiger partial charge on any atom is -0.481 e. The molecule has 0 aromatic heterocycles. The average Bonchev–Trinajstić information content (AvgIpc) is 3.51. The molecule has 1 saturated carbocycles. The van der Waals surface area contributed by atoms with Gasteiger partial charge >= 0.3 is 12.1 Å². The van der Waals surface area contributed by atoms with E-state index in [2.05, 4.69) is 34.9 Å². The molecule has 0 radical (unpaired) electrons. The van der Waals surface area contributed by atoms with Crippen LogP contribution in [-0.2, 0) is 14.3 Å². The van der Waals surface area contributed by atoms with E-state index in [1.54, 1.807) is 0 Å². The van der Waals surface area contributed by atoms with Gasteiger partial charge in [0.05, 0.1) is 5.92 Å². The van der Waals surface area contributed by atoms with E-state index >= 15 is 0 Å². The molecule has 0 saturated heterocycles. The minimum absolute atomic E-state index is 0.00960. The number of ether oxygens (including phenoxy) is 1. The highest BCUT2D eigenvalue weighted by atomic mass is 16.5. The van der Waals surface area contributed by atoms with Crippen LogP contribution in [0.2, 0.25) is 0 Å². The van der Waals surface area contributed by atoms with Crippen LogP contribution >= 0.6 is 0 Å². The molecule has 2 aromatic carbocycles. The largest absolute Gasteiger partial charge is 0.481 e. The Bertz CT molecular complexity index is 1040. The molecule has 2 aliphatic rings. The van der Waals surface area contributed by atoms with E-state index in [4.69, 9.17) is 9.84 Å². The van der Waals surface area contributed by atoms with Crippen molar-refractivity contribution in [2.75, 3.05) is 13.2 Å². The molecule has 0 bridgehead atoms. The lowest BCUT2D eigenvalue weighted by Crippen LogP contribution is -2.47. The number of hydrogen-bond acceptors (Lipinski definition) is 4. The van der Waals surface area contributed by atoms with Gasteiger partial charge in [-0.2, -0.15) is 0 Å². The third-order valence-corrected chi connectivity index (χ3v) is 6.87. The smallest absolute Gasteiger partial charge is 0.407 e. The summed E-state index contributed by atoms with van der Waals surface area (Å²) in [6.45, 7) is 6.42. The molecule has 1 fully saturated rings. The fraction of sp³-hybridized carbons (Fsp3) is 0.444. The number of nitrogens with one attached hydrogen (secondary N) is 2. The van der Waals surface area contributed by atoms with Crippen molar-refractivity contribution in [3.05, 3.63) is 59.7 Å². The maximum absolute atomic E-state index is 12.7. The molecule has 0 spiro atoms. The van der Waals surface area contributed by atoms with Crippen LogP contribution in [0.5, 0.6) is 0 Å². The molecule has 180 valence electrons. The monoisotopic (exact) mass is 464 g/mol. The number of alkyl carbamates (subject to hydrolysis) is 1. The summed E-state index contributed by atoms with van der Waals surface area (Å²) < 4.78 is 5.65. The summed E-state index contributed by atoms with van der Waals surface area (Å²) in [6.07, 6.45) is 0.136. The molecule has 7 nitrogen and oxygen atoms in total. The van der Waals surface area contributed by atoms with Gasteiger partial charge in [0.1, 0.15) is 6.61 Å². The highest BCUT2D eigenvalue weighted by Crippen LogP contribution is 2.44. The quantitative estimate of drug-likeness (QED) is 0.544. The number of carbonyl (C=O) groups is 3. The van der Waals surface area contributed by atoms with Crippen LogP contribution in [0.15, 0.2) is 48.5 Å². The highest BCUT2D eigenvalue weighted by Gasteiger charge is 2.43. The fourth-order valence-electron chi connectivity index (χ4n) is 4.63. The van der Waals surface area contributed by atoms with Gasteiger partial charge in [-0.25, -0.2) is 4.79 Å². The molecule has 0 heterocycles. The third-order valence-electron chi connectivity index (χ3n) is 6.87. The van der Waals surface area contributed by atoms with Crippen molar-refractivity contribution in [2.45, 2.75) is 45.6 Å². The zero-order valence-corrected chi connectivity index (χ0v) is 19.8. The molecule has 34 heavy (non-hydrogen) atoms. The van der Waals surface area contributed by atoms with Gasteiger partial charge in [-0.05, 0) is 40.0 Å². The summed E-state index contributed by atoms with van der Waals surface area (Å²) in [5.74, 6) is -1.43. The average molecular weight is 465 g/mol. The van der Waals surface area contributed by atoms with Crippen molar-refractivity contribution in [3.8, 4) is 11.1 Å². The second kappa shape index (κ2) is 9.49. The first-order valence-electron chi connectivity index (χ1n) is 11.8. The first-order valence-corrected chi connectivity index (χ1v) is 11.8. The van der Waals surface area contributed by atoms with Crippen LogP contribution in [0.3, 0.4) is 0 Å². The Labute approximate surface area is 199 Å². The molecular formula is C27H32N2O5. The Morgan fingerprint density at radius 2 is 1.62 bits per heavy atom. The van der Waals surface area contributed by atoms with E-state index in [-0.39, 0.29) is 42.1 Å². The molecule has 2 aliphatic carbocycles. The number of amides is 2. The van der Waals surface area contributed by atoms with Crippen molar-refractivity contribution in [3.63, 3.8) is 0 Å². The van der Waals surface area contributed by atoms with E-state index in [1.807, 2.05) is 45.0 Å². The number of aliphatic carboxylic acids is 1. The number of carbonyl (C=O) groups excluding carboxylic acids is 2. The van der Waals surface area contributed by atoms with Gasteiger partial charge in [0.2, 0.25) is 5.91 Å². The van der Waals surface area contributed by atoms with E-state index in [9.17, 15) is 14.4 Å². The summed E-state index contributed by atoms with van der Waals surface area (Å²) in [7, 11) is 0. The van der Waals surface area contributed by atoms with Gasteiger partial charge < -0.3 is 20.5 Å². The molecule has 2 aromatic rings. The summed E-state index contributed by atoms with van der Waals surface area (Å²) >= 11 is 0. The predicted octanol–water partition coefficient (Wildman–Crippen LogP) is 4.17. The topological polar surface area (TPSA) is 105 Å². The van der Waals surface area contributed by atoms with Crippen LogP contribution in [0.4, 0.5) is 4.79 Å². The van der Waals surface area contributed by atoms with Crippen molar-refractivity contribution < 1.29 is 24.2 Å². The Morgan fingerprint density at radius 3 is 2.15 bits per heavy atom. The summed E-state index contributed by atoms with van der Waals surface area (Å²) in [5.41, 5.74) is 4.24. The summed E-state index contributed by atoms with van der Waals surface area (Å²) in [4.78, 5) is 36.2. The molecular weight excluding hydrogens is 432 g/mol. The van der Waals surface area contributed by atoms with Gasteiger partial charge in [0.15, 0.2) is 0 Å². The zero-order chi connectivity index (χ0) is 24.5. The van der Waals surface area contributed by atoms with Crippen molar-refractivity contribution in [1.29, 1.82) is 0 Å². The number of rotatable bonds is 8. The number of hydrogen-bond donors (Lipinski definition) is 3. The Balaban J connectivity index is 1.33. The maximum Gasteiger partial charge on any atom is 0.407 e. The lowest BCUT2D eigenvalue weighted by molar-refractivity contribution is -0.139. The molecule has 4 rings (SSSR count). The second-order valence-corrected chi connectivity index (χ2v) is 10.3. The van der Waals surface area contributed by atoms with E-state index in [0.29, 0.717) is 13.0 Å². The zero-order valence-electron chi connectivity index (χ0n) is 19.8. The van der Waals surface area contributed by atoms with Gasteiger partial charge in [-0.3, -0.25) is 9.59 Å². The summed E-state index contributed by atoms with van der Waals surface area (Å²) in [6, 6.07) is 15.9. The van der Waals surface area contributed by atoms with Gasteiger partial charge in [0.25, 0.3) is 0 Å². The lowest BCUT2D eigenvalue weighted by Gasteiger charge is -2.31. The van der Waals surface area contributed by atoms with Crippen LogP contribution in [0.1, 0.15) is 50.7 Å². The van der Waals surface area contributed by atoms with Crippen LogP contribution in [0.25, 0.3) is 11.1 Å². The Hall–Kier alpha value is -3.35. The second-order valence-electron chi connectivity index (χ2n) is 10.3. The van der Waals surface area contributed by atoms with Crippen LogP contribution in [-0.4, -0.2) is 42.3 Å². The van der Waals surface area contributed by atoms with E-state index < -0.39 is 18.1 Å². The summed E-state index contributed by atoms with van der Waals surface area (Å²) in [5, 5.41) is 14.7. The van der Waals surface area contributed by atoms with Crippen LogP contribution in [0, 0.1) is 17.3 Å². The first kappa shape index (κ1) is 23.8. The Morgan fingerprint density at radius 1 is 1.03 bits per heavy atom. The number of benzene rings is 2. The highest BCUT2D eigenvalue weighted by molar-refractivity contribution is 5.80. The minimum atomic E-state index is -0.816. The van der Waals surface area contributed by atoms with Crippen molar-refractivity contribution in [1.82, 2.24) is 10.6 Å². The molecule has 3 N–H and O–H groups in total. The van der Waals surface area contributed by atoms with Crippen molar-refractivity contribution >= 4 is 18.0 Å². The normalized spacial score (nSPS) is 19.5. The first-order chi connectivity index (χ1) is 16.1. The van der Waals surface area contributed by atoms with Gasteiger partial charge in [-0.15, -0.1) is 0 Å². The van der Waals surface area contributed by atoms with Crippen molar-refractivity contribution in [2.24, 2.45) is 17.3 Å². The molecule has 3 atom stereocenters. The number of carboxylic acid groups (broad SMARTS) is 1. The fourth-order valence-corrected chi connectivity index (χ4v) is 4.63. The maximum atomic E-state index is 12.7. The van der Waals surface area contributed by atoms with E-state index in [1.165, 1.54) is 0 Å². The Kier molecular flexibility index (Phi) is 6.64. The predicted molar refractivity (Wildman–Crippen MR) is 128 cm³/mol. The lowest BCUT2D eigenvalue weighted by atomic mass is 9.84. The molecule has 0 aliphatic heterocycles. The molecule has 1 unspecified atom stereocenters. The SMILES string of the molecule is CC(C)(C)C(CC(=O)NC[C@H]1C[C@H]1C(=O)O)NC(=O)OCC1c2ccccc2-c2ccccc21. The van der Waals surface area contributed by atoms with Crippen LogP contribution < -0.4 is 10.6 Å². The van der Waals surface area contributed by atoms with Gasteiger partial charge in [-0.1, -0.05) is 69.3 Å². The number of carboxylic acids is 1. The molecule has 7 heteroatoms. The third kappa shape index (κ3) is 5.24.